The maximum Gasteiger partial charge on any atom is 0.434 e. The summed E-state index contributed by atoms with van der Waals surface area (Å²) in [6.45, 7) is 1.96. The van der Waals surface area contributed by atoms with Crippen molar-refractivity contribution in [1.29, 1.82) is 0 Å². The molecule has 0 aromatic carbocycles. The lowest BCUT2D eigenvalue weighted by atomic mass is 10.3. The molecule has 0 atom stereocenters. The average Bonchev–Trinajstić information content (AvgIpc) is 3.44. The zero-order chi connectivity index (χ0) is 27.1. The summed E-state index contributed by atoms with van der Waals surface area (Å²) in [4.78, 5) is 16.5. The van der Waals surface area contributed by atoms with E-state index in [-0.39, 0.29) is 21.6 Å². The largest absolute Gasteiger partial charge is 0.434 e. The highest BCUT2D eigenvalue weighted by atomic mass is 32.2. The summed E-state index contributed by atoms with van der Waals surface area (Å²) in [5, 5.41) is 10.3. The number of nitrogens with one attached hydrogen (secondary N) is 2. The second-order valence-electron chi connectivity index (χ2n) is 8.69. The molecule has 9 nitrogen and oxygen atoms in total. The number of aromatic amines is 1. The highest BCUT2D eigenvalue weighted by Crippen LogP contribution is 2.32. The van der Waals surface area contributed by atoms with Gasteiger partial charge in [0.15, 0.2) is 16.7 Å². The molecule has 16 heteroatoms. The summed E-state index contributed by atoms with van der Waals surface area (Å²) in [5.41, 5.74) is -0.0308. The van der Waals surface area contributed by atoms with Crippen LogP contribution in [0.2, 0.25) is 0 Å². The van der Waals surface area contributed by atoms with Crippen LogP contribution in [0.4, 0.5) is 43.8 Å². The SMILES string of the molecule is Cc1cc(Nc2cc(N3CCN(CC(F)(F)F)CC3)nc(Sc3ccc4nc(C(F)(F)F)cn4c3)n2)n[nH]1.[HH].[HH]. The van der Waals surface area contributed by atoms with Gasteiger partial charge in [-0.3, -0.25) is 10.00 Å². The molecule has 0 amide bonds. The Bertz CT molecular complexity index is 1430. The molecule has 0 aliphatic carbocycles. The van der Waals surface area contributed by atoms with E-state index in [1.54, 1.807) is 18.2 Å². The number of nitrogens with zero attached hydrogens (tertiary/aromatic N) is 7. The standard InChI is InChI=1S/C22H21F6N9S.2H2/c1-13-8-17(34-33-13)30-16-9-19(36-6-4-35(5-7-36)12-21(23,24)25)32-20(31-16)38-14-2-3-18-29-15(22(26,27)28)11-37(18)10-14;;/h2-3,8-11H,4-7,12H2,1H3,(H2,30,31,32,33,34);2*1H. The van der Waals surface area contributed by atoms with E-state index in [9.17, 15) is 26.3 Å². The third kappa shape index (κ3) is 6.30. The summed E-state index contributed by atoms with van der Waals surface area (Å²) >= 11 is 1.13. The van der Waals surface area contributed by atoms with Crippen LogP contribution in [0.3, 0.4) is 0 Å². The predicted molar refractivity (Wildman–Crippen MR) is 132 cm³/mol. The minimum Gasteiger partial charge on any atom is -0.354 e. The molecule has 1 aliphatic rings. The van der Waals surface area contributed by atoms with Crippen molar-refractivity contribution in [2.24, 2.45) is 0 Å². The number of halogens is 6. The van der Waals surface area contributed by atoms with E-state index in [1.807, 2.05) is 11.8 Å². The predicted octanol–water partition coefficient (Wildman–Crippen LogP) is 5.25. The van der Waals surface area contributed by atoms with Gasteiger partial charge < -0.3 is 14.6 Å². The van der Waals surface area contributed by atoms with Gasteiger partial charge >= 0.3 is 12.4 Å². The average molecular weight is 562 g/mol. The lowest BCUT2D eigenvalue weighted by Gasteiger charge is -2.35. The van der Waals surface area contributed by atoms with Gasteiger partial charge in [0.2, 0.25) is 0 Å². The second-order valence-corrected chi connectivity index (χ2v) is 9.73. The van der Waals surface area contributed by atoms with Gasteiger partial charge in [-0.2, -0.15) is 31.4 Å². The molecule has 38 heavy (non-hydrogen) atoms. The monoisotopic (exact) mass is 561 g/mol. The van der Waals surface area contributed by atoms with Crippen LogP contribution >= 0.6 is 11.8 Å². The van der Waals surface area contributed by atoms with Gasteiger partial charge in [-0.25, -0.2) is 15.0 Å². The Morgan fingerprint density at radius 3 is 2.39 bits per heavy atom. The van der Waals surface area contributed by atoms with Gasteiger partial charge in [-0.05, 0) is 30.8 Å². The van der Waals surface area contributed by atoms with Crippen LogP contribution in [0.5, 0.6) is 0 Å². The molecule has 5 rings (SSSR count). The number of imidazole rings is 1. The van der Waals surface area contributed by atoms with E-state index in [1.165, 1.54) is 21.6 Å². The van der Waals surface area contributed by atoms with Crippen molar-refractivity contribution in [3.8, 4) is 0 Å². The molecule has 5 heterocycles. The molecule has 4 aromatic rings. The number of piperazine rings is 1. The number of anilines is 3. The molecule has 0 unspecified atom stereocenters. The number of hydrogen-bond acceptors (Lipinski definition) is 8. The quantitative estimate of drug-likeness (QED) is 0.244. The van der Waals surface area contributed by atoms with E-state index in [0.29, 0.717) is 40.6 Å². The number of aromatic nitrogens is 6. The molecule has 2 N–H and O–H groups in total. The summed E-state index contributed by atoms with van der Waals surface area (Å²) in [6, 6.07) is 6.54. The third-order valence-corrected chi connectivity index (χ3v) is 6.52. The molecular formula is C22H25F6N9S. The maximum absolute atomic E-state index is 13.0. The molecule has 0 saturated carbocycles. The number of fused-ring (bicyclic) bond motifs is 1. The first-order valence-electron chi connectivity index (χ1n) is 11.4. The van der Waals surface area contributed by atoms with Crippen LogP contribution in [-0.4, -0.2) is 73.3 Å². The minimum absolute atomic E-state index is 0. The normalized spacial score (nSPS) is 15.4. The van der Waals surface area contributed by atoms with Crippen LogP contribution in [0, 0.1) is 6.92 Å². The highest BCUT2D eigenvalue weighted by Gasteiger charge is 2.34. The Labute approximate surface area is 219 Å². The first-order valence-corrected chi connectivity index (χ1v) is 12.2. The first-order chi connectivity index (χ1) is 17.9. The molecule has 206 valence electrons. The van der Waals surface area contributed by atoms with E-state index in [2.05, 4.69) is 30.5 Å². The number of alkyl halides is 6. The Kier molecular flexibility index (Phi) is 6.85. The summed E-state index contributed by atoms with van der Waals surface area (Å²) in [6.07, 6.45) is -6.43. The van der Waals surface area contributed by atoms with Crippen LogP contribution in [-0.2, 0) is 6.18 Å². The van der Waals surface area contributed by atoms with Gasteiger partial charge in [0.25, 0.3) is 0 Å². The maximum atomic E-state index is 13.0. The molecule has 0 bridgehead atoms. The van der Waals surface area contributed by atoms with Crippen molar-refractivity contribution < 1.29 is 29.2 Å². The van der Waals surface area contributed by atoms with Gasteiger partial charge in [-0.15, -0.1) is 0 Å². The highest BCUT2D eigenvalue weighted by molar-refractivity contribution is 7.99. The topological polar surface area (TPSA) is 90.3 Å². The Morgan fingerprint density at radius 2 is 1.74 bits per heavy atom. The Balaban J connectivity index is 0.00000220. The number of rotatable bonds is 6. The zero-order valence-electron chi connectivity index (χ0n) is 19.8. The summed E-state index contributed by atoms with van der Waals surface area (Å²) in [7, 11) is 0. The molecule has 0 radical (unpaired) electrons. The smallest absolute Gasteiger partial charge is 0.354 e. The Hall–Kier alpha value is -3.53. The zero-order valence-corrected chi connectivity index (χ0v) is 20.6. The second kappa shape index (κ2) is 9.98. The van der Waals surface area contributed by atoms with Crippen molar-refractivity contribution in [3.05, 3.63) is 48.0 Å². The fraction of sp³-hybridized carbons (Fsp3) is 0.364. The van der Waals surface area contributed by atoms with Crippen molar-refractivity contribution in [1.82, 2.24) is 34.4 Å². The first kappa shape index (κ1) is 26.1. The minimum atomic E-state index is -4.56. The van der Waals surface area contributed by atoms with Crippen molar-refractivity contribution in [2.75, 3.05) is 42.9 Å². The Morgan fingerprint density at radius 1 is 0.974 bits per heavy atom. The van der Waals surface area contributed by atoms with Crippen LogP contribution in [0.25, 0.3) is 5.65 Å². The molecule has 1 fully saturated rings. The van der Waals surface area contributed by atoms with Crippen molar-refractivity contribution in [3.63, 3.8) is 0 Å². The number of H-pyrrole nitrogens is 1. The molecule has 4 aromatic heterocycles. The number of hydrogen-bond donors (Lipinski definition) is 2. The van der Waals surface area contributed by atoms with Gasteiger partial charge in [0.1, 0.15) is 17.3 Å². The van der Waals surface area contributed by atoms with Crippen molar-refractivity contribution >= 4 is 34.9 Å². The van der Waals surface area contributed by atoms with Gasteiger partial charge in [-0.1, -0.05) is 0 Å². The summed E-state index contributed by atoms with van der Waals surface area (Å²) in [5.74, 6) is 1.43. The van der Waals surface area contributed by atoms with E-state index in [4.69, 9.17) is 0 Å². The van der Waals surface area contributed by atoms with E-state index >= 15 is 0 Å². The fourth-order valence-electron chi connectivity index (χ4n) is 3.96. The van der Waals surface area contributed by atoms with Crippen molar-refractivity contribution in [2.45, 2.75) is 29.3 Å². The van der Waals surface area contributed by atoms with Gasteiger partial charge in [0, 0.05) is 64.1 Å². The van der Waals surface area contributed by atoms with E-state index < -0.39 is 24.6 Å². The van der Waals surface area contributed by atoms with E-state index in [0.717, 1.165) is 23.7 Å². The number of aryl methyl sites for hydroxylation is 1. The lowest BCUT2D eigenvalue weighted by molar-refractivity contribution is -0.146. The lowest BCUT2D eigenvalue weighted by Crippen LogP contribution is -2.49. The molecule has 1 aliphatic heterocycles. The third-order valence-electron chi connectivity index (χ3n) is 5.68. The molecular weight excluding hydrogens is 536 g/mol. The van der Waals surface area contributed by atoms with Crippen LogP contribution in [0.1, 0.15) is 14.2 Å². The fourth-order valence-corrected chi connectivity index (χ4v) is 4.76. The molecule has 1 saturated heterocycles. The number of pyridine rings is 1. The van der Waals surface area contributed by atoms with Crippen LogP contribution < -0.4 is 10.2 Å². The molecule has 0 spiro atoms. The van der Waals surface area contributed by atoms with Crippen LogP contribution in [0.15, 0.2) is 46.7 Å². The van der Waals surface area contributed by atoms with Gasteiger partial charge in [0.05, 0.1) is 6.54 Å². The summed E-state index contributed by atoms with van der Waals surface area (Å²) < 4.78 is 78.8.